The van der Waals surface area contributed by atoms with E-state index in [9.17, 15) is 9.90 Å². The fourth-order valence-corrected chi connectivity index (χ4v) is 3.51. The van der Waals surface area contributed by atoms with E-state index in [-0.39, 0.29) is 11.8 Å². The second-order valence-electron chi connectivity index (χ2n) is 7.69. The zero-order valence-corrected chi connectivity index (χ0v) is 12.9. The SMILES string of the molecule is CCC1(O)CN(C(=O)C2CCC(C(C)(C)C)CC2)C1. The number of nitrogens with zero attached hydrogens (tertiary/aromatic N) is 1. The van der Waals surface area contributed by atoms with E-state index < -0.39 is 5.60 Å². The van der Waals surface area contributed by atoms with Gasteiger partial charge in [0.05, 0.1) is 18.7 Å². The molecule has 1 saturated carbocycles. The molecule has 0 atom stereocenters. The summed E-state index contributed by atoms with van der Waals surface area (Å²) in [4.78, 5) is 14.2. The summed E-state index contributed by atoms with van der Waals surface area (Å²) in [6, 6.07) is 0. The molecule has 0 aromatic rings. The third-order valence-electron chi connectivity index (χ3n) is 5.24. The van der Waals surface area contributed by atoms with Gasteiger partial charge in [0.15, 0.2) is 0 Å². The molecule has 1 saturated heterocycles. The number of amides is 1. The van der Waals surface area contributed by atoms with Crippen LogP contribution in [0.1, 0.15) is 59.8 Å². The van der Waals surface area contributed by atoms with Crippen molar-refractivity contribution in [3.8, 4) is 0 Å². The zero-order valence-electron chi connectivity index (χ0n) is 12.9. The Morgan fingerprint density at radius 3 is 2.16 bits per heavy atom. The van der Waals surface area contributed by atoms with Crippen molar-refractivity contribution in [2.24, 2.45) is 17.3 Å². The van der Waals surface area contributed by atoms with E-state index in [2.05, 4.69) is 20.8 Å². The van der Waals surface area contributed by atoms with Gasteiger partial charge in [-0.05, 0) is 43.4 Å². The maximum atomic E-state index is 12.4. The summed E-state index contributed by atoms with van der Waals surface area (Å²) < 4.78 is 0. The molecule has 0 spiro atoms. The minimum Gasteiger partial charge on any atom is -0.386 e. The lowest BCUT2D eigenvalue weighted by molar-refractivity contribution is -0.161. The summed E-state index contributed by atoms with van der Waals surface area (Å²) in [6.45, 7) is 9.98. The van der Waals surface area contributed by atoms with Gasteiger partial charge in [0.2, 0.25) is 5.91 Å². The van der Waals surface area contributed by atoms with Crippen molar-refractivity contribution in [2.75, 3.05) is 13.1 Å². The van der Waals surface area contributed by atoms with E-state index in [1.54, 1.807) is 0 Å². The average Bonchev–Trinajstić information content (AvgIpc) is 2.33. The first-order valence-corrected chi connectivity index (χ1v) is 7.76. The first-order valence-electron chi connectivity index (χ1n) is 7.76. The smallest absolute Gasteiger partial charge is 0.225 e. The molecule has 3 heteroatoms. The highest BCUT2D eigenvalue weighted by molar-refractivity contribution is 5.80. The van der Waals surface area contributed by atoms with E-state index in [0.29, 0.717) is 18.5 Å². The summed E-state index contributed by atoms with van der Waals surface area (Å²) in [5.41, 5.74) is -0.231. The van der Waals surface area contributed by atoms with Gasteiger partial charge in [0.25, 0.3) is 0 Å². The van der Waals surface area contributed by atoms with Gasteiger partial charge < -0.3 is 10.0 Å². The van der Waals surface area contributed by atoms with Gasteiger partial charge in [0, 0.05) is 5.92 Å². The van der Waals surface area contributed by atoms with Crippen LogP contribution in [0, 0.1) is 17.3 Å². The monoisotopic (exact) mass is 267 g/mol. The molecule has 2 rings (SSSR count). The molecule has 0 bridgehead atoms. The molecule has 0 aromatic heterocycles. The molecule has 0 radical (unpaired) electrons. The fraction of sp³-hybridized carbons (Fsp3) is 0.938. The van der Waals surface area contributed by atoms with Gasteiger partial charge in [-0.2, -0.15) is 0 Å². The van der Waals surface area contributed by atoms with Gasteiger partial charge >= 0.3 is 0 Å². The van der Waals surface area contributed by atoms with Crippen LogP contribution in [0.15, 0.2) is 0 Å². The fourth-order valence-electron chi connectivity index (χ4n) is 3.51. The van der Waals surface area contributed by atoms with Gasteiger partial charge in [-0.1, -0.05) is 27.7 Å². The van der Waals surface area contributed by atoms with Crippen LogP contribution in [0.3, 0.4) is 0 Å². The highest BCUT2D eigenvalue weighted by atomic mass is 16.3. The summed E-state index contributed by atoms with van der Waals surface area (Å²) >= 11 is 0. The molecule has 0 unspecified atom stereocenters. The van der Waals surface area contributed by atoms with Gasteiger partial charge in [0.1, 0.15) is 0 Å². The van der Waals surface area contributed by atoms with Crippen LogP contribution >= 0.6 is 0 Å². The van der Waals surface area contributed by atoms with Crippen LogP contribution in [0.5, 0.6) is 0 Å². The molecule has 1 aliphatic carbocycles. The van der Waals surface area contributed by atoms with Crippen molar-refractivity contribution in [3.05, 3.63) is 0 Å². The predicted molar refractivity (Wildman–Crippen MR) is 76.7 cm³/mol. The molecule has 110 valence electrons. The summed E-state index contributed by atoms with van der Waals surface area (Å²) in [7, 11) is 0. The Labute approximate surface area is 117 Å². The molecule has 19 heavy (non-hydrogen) atoms. The van der Waals surface area contributed by atoms with Crippen molar-refractivity contribution >= 4 is 5.91 Å². The van der Waals surface area contributed by atoms with E-state index in [1.165, 1.54) is 12.8 Å². The average molecular weight is 267 g/mol. The first kappa shape index (κ1) is 14.8. The number of likely N-dealkylation sites (tertiary alicyclic amines) is 1. The molecule has 2 fully saturated rings. The van der Waals surface area contributed by atoms with Crippen molar-refractivity contribution in [3.63, 3.8) is 0 Å². The number of carbonyl (C=O) groups excluding carboxylic acids is 1. The van der Waals surface area contributed by atoms with Crippen molar-refractivity contribution in [1.82, 2.24) is 4.90 Å². The largest absolute Gasteiger partial charge is 0.386 e. The van der Waals surface area contributed by atoms with Crippen LogP contribution < -0.4 is 0 Å². The van der Waals surface area contributed by atoms with Crippen molar-refractivity contribution in [2.45, 2.75) is 65.4 Å². The van der Waals surface area contributed by atoms with Crippen LogP contribution in [0.2, 0.25) is 0 Å². The highest BCUT2D eigenvalue weighted by Crippen LogP contribution is 2.41. The number of rotatable bonds is 2. The lowest BCUT2D eigenvalue weighted by Crippen LogP contribution is -2.64. The quantitative estimate of drug-likeness (QED) is 0.836. The van der Waals surface area contributed by atoms with E-state index in [1.807, 2.05) is 11.8 Å². The van der Waals surface area contributed by atoms with E-state index >= 15 is 0 Å². The lowest BCUT2D eigenvalue weighted by atomic mass is 9.69. The molecular formula is C16H29NO2. The Morgan fingerprint density at radius 2 is 1.74 bits per heavy atom. The maximum absolute atomic E-state index is 12.4. The number of β-amino-alcohol motifs (C(OH)–C–C–N with tert-alkyl or cyclic N) is 1. The molecule has 1 heterocycles. The van der Waals surface area contributed by atoms with Gasteiger partial charge in [-0.3, -0.25) is 4.79 Å². The molecule has 1 N–H and O–H groups in total. The lowest BCUT2D eigenvalue weighted by Gasteiger charge is -2.48. The van der Waals surface area contributed by atoms with Crippen molar-refractivity contribution < 1.29 is 9.90 Å². The topological polar surface area (TPSA) is 40.5 Å². The minimum absolute atomic E-state index is 0.208. The summed E-state index contributed by atoms with van der Waals surface area (Å²) in [5.74, 6) is 1.24. The normalized spacial score (nSPS) is 30.9. The Bertz CT molecular complexity index is 331. The predicted octanol–water partition coefficient (Wildman–Crippen LogP) is 2.82. The van der Waals surface area contributed by atoms with Gasteiger partial charge in [-0.15, -0.1) is 0 Å². The maximum Gasteiger partial charge on any atom is 0.225 e. The number of aliphatic hydroxyl groups is 1. The zero-order chi connectivity index (χ0) is 14.3. The Balaban J connectivity index is 1.81. The van der Waals surface area contributed by atoms with Crippen LogP contribution in [-0.2, 0) is 4.79 Å². The second-order valence-corrected chi connectivity index (χ2v) is 7.69. The Morgan fingerprint density at radius 1 is 1.21 bits per heavy atom. The Kier molecular flexibility index (Phi) is 3.97. The van der Waals surface area contributed by atoms with Crippen LogP contribution in [0.4, 0.5) is 0 Å². The van der Waals surface area contributed by atoms with Gasteiger partial charge in [-0.25, -0.2) is 0 Å². The minimum atomic E-state index is -0.599. The summed E-state index contributed by atoms with van der Waals surface area (Å²) in [6.07, 6.45) is 5.15. The number of hydrogen-bond acceptors (Lipinski definition) is 2. The molecule has 1 amide bonds. The van der Waals surface area contributed by atoms with Crippen LogP contribution in [-0.4, -0.2) is 34.6 Å². The number of hydrogen-bond donors (Lipinski definition) is 1. The molecule has 2 aliphatic rings. The Hall–Kier alpha value is -0.570. The second kappa shape index (κ2) is 5.08. The van der Waals surface area contributed by atoms with Crippen LogP contribution in [0.25, 0.3) is 0 Å². The third kappa shape index (κ3) is 3.13. The molecular weight excluding hydrogens is 238 g/mol. The van der Waals surface area contributed by atoms with E-state index in [4.69, 9.17) is 0 Å². The number of carbonyl (C=O) groups is 1. The summed E-state index contributed by atoms with van der Waals surface area (Å²) in [5, 5.41) is 9.99. The van der Waals surface area contributed by atoms with Crippen molar-refractivity contribution in [1.29, 1.82) is 0 Å². The molecule has 0 aromatic carbocycles. The molecule has 1 aliphatic heterocycles. The van der Waals surface area contributed by atoms with E-state index in [0.717, 1.165) is 25.2 Å². The highest BCUT2D eigenvalue weighted by Gasteiger charge is 2.44. The third-order valence-corrected chi connectivity index (χ3v) is 5.24. The molecule has 3 nitrogen and oxygen atoms in total. The first-order chi connectivity index (χ1) is 8.75. The standard InChI is InChI=1S/C16H29NO2/c1-5-16(19)10-17(11-16)14(18)12-6-8-13(9-7-12)15(2,3)4/h12-13,19H,5-11H2,1-4H3.